The molecule has 1 aromatic rings. The number of hydrogen-bond donors (Lipinski definition) is 2. The van der Waals surface area contributed by atoms with E-state index in [0.29, 0.717) is 18.0 Å². The topological polar surface area (TPSA) is 58.2 Å². The van der Waals surface area contributed by atoms with Crippen molar-refractivity contribution in [3.63, 3.8) is 0 Å². The smallest absolute Gasteiger partial charge is 0.239 e. The van der Waals surface area contributed by atoms with Crippen LogP contribution in [0.25, 0.3) is 0 Å². The Morgan fingerprint density at radius 1 is 1.12 bits per heavy atom. The highest BCUT2D eigenvalue weighted by molar-refractivity contribution is 6.30. The van der Waals surface area contributed by atoms with E-state index in [-0.39, 0.29) is 18.4 Å². The van der Waals surface area contributed by atoms with Gasteiger partial charge in [0.15, 0.2) is 0 Å². The van der Waals surface area contributed by atoms with Gasteiger partial charge in [0.2, 0.25) is 11.8 Å². The van der Waals surface area contributed by atoms with Gasteiger partial charge < -0.3 is 10.6 Å². The Bertz CT molecular complexity index is 390. The number of amides is 2. The predicted octanol–water partition coefficient (Wildman–Crippen LogP) is 1.48. The van der Waals surface area contributed by atoms with Crippen molar-refractivity contribution in [2.24, 2.45) is 0 Å². The third kappa shape index (κ3) is 5.36. The second-order valence-corrected chi connectivity index (χ2v) is 3.97. The molecule has 17 heavy (non-hydrogen) atoms. The summed E-state index contributed by atoms with van der Waals surface area (Å²) in [6, 6.07) is 7.21. The molecule has 0 aliphatic heterocycles. The standard InChI is InChI=1S/C12H15ClN2O2/c1-2-11(16)15-8-12(17)14-7-9-3-5-10(13)6-4-9/h3-6H,2,7-8H2,1H3,(H,14,17)(H,15,16). The van der Waals surface area contributed by atoms with Crippen molar-refractivity contribution in [2.45, 2.75) is 19.9 Å². The molecule has 0 aromatic heterocycles. The molecule has 0 bridgehead atoms. The van der Waals surface area contributed by atoms with E-state index in [4.69, 9.17) is 11.6 Å². The monoisotopic (exact) mass is 254 g/mol. The first-order chi connectivity index (χ1) is 8.11. The maximum atomic E-state index is 11.4. The maximum Gasteiger partial charge on any atom is 0.239 e. The zero-order chi connectivity index (χ0) is 12.7. The van der Waals surface area contributed by atoms with Crippen molar-refractivity contribution in [1.82, 2.24) is 10.6 Å². The summed E-state index contributed by atoms with van der Waals surface area (Å²) in [6.07, 6.45) is 0.379. The van der Waals surface area contributed by atoms with Crippen LogP contribution in [0.1, 0.15) is 18.9 Å². The minimum Gasteiger partial charge on any atom is -0.350 e. The Morgan fingerprint density at radius 3 is 2.35 bits per heavy atom. The summed E-state index contributed by atoms with van der Waals surface area (Å²) in [5.41, 5.74) is 0.963. The van der Waals surface area contributed by atoms with Gasteiger partial charge in [-0.15, -0.1) is 0 Å². The zero-order valence-electron chi connectivity index (χ0n) is 9.63. The third-order valence-corrected chi connectivity index (χ3v) is 2.42. The van der Waals surface area contributed by atoms with Crippen LogP contribution in [-0.4, -0.2) is 18.4 Å². The lowest BCUT2D eigenvalue weighted by Gasteiger charge is -2.06. The van der Waals surface area contributed by atoms with Gasteiger partial charge >= 0.3 is 0 Å². The SMILES string of the molecule is CCC(=O)NCC(=O)NCc1ccc(Cl)cc1. The summed E-state index contributed by atoms with van der Waals surface area (Å²) < 4.78 is 0. The fourth-order valence-electron chi connectivity index (χ4n) is 1.17. The van der Waals surface area contributed by atoms with E-state index in [1.54, 1.807) is 19.1 Å². The van der Waals surface area contributed by atoms with Crippen LogP contribution in [0.2, 0.25) is 5.02 Å². The molecule has 5 heteroatoms. The van der Waals surface area contributed by atoms with Crippen LogP contribution in [-0.2, 0) is 16.1 Å². The van der Waals surface area contributed by atoms with Crippen molar-refractivity contribution in [3.05, 3.63) is 34.9 Å². The maximum absolute atomic E-state index is 11.4. The lowest BCUT2D eigenvalue weighted by atomic mass is 10.2. The van der Waals surface area contributed by atoms with Crippen LogP contribution in [0.3, 0.4) is 0 Å². The van der Waals surface area contributed by atoms with E-state index in [9.17, 15) is 9.59 Å². The number of rotatable bonds is 5. The highest BCUT2D eigenvalue weighted by Crippen LogP contribution is 2.08. The van der Waals surface area contributed by atoms with Gasteiger partial charge in [0.1, 0.15) is 0 Å². The number of carbonyl (C=O) groups is 2. The summed E-state index contributed by atoms with van der Waals surface area (Å²) in [5.74, 6) is -0.339. The predicted molar refractivity (Wildman–Crippen MR) is 66.6 cm³/mol. The van der Waals surface area contributed by atoms with Crippen LogP contribution in [0.4, 0.5) is 0 Å². The first-order valence-electron chi connectivity index (χ1n) is 5.39. The minimum absolute atomic E-state index is 0.0141. The minimum atomic E-state index is -0.207. The molecule has 0 saturated heterocycles. The van der Waals surface area contributed by atoms with Crippen LogP contribution in [0.15, 0.2) is 24.3 Å². The number of benzene rings is 1. The fraction of sp³-hybridized carbons (Fsp3) is 0.333. The van der Waals surface area contributed by atoms with Gasteiger partial charge in [-0.1, -0.05) is 30.7 Å². The summed E-state index contributed by atoms with van der Waals surface area (Å²) in [4.78, 5) is 22.3. The normalized spacial score (nSPS) is 9.76. The van der Waals surface area contributed by atoms with Crippen molar-refractivity contribution >= 4 is 23.4 Å². The Balaban J connectivity index is 2.28. The van der Waals surface area contributed by atoms with E-state index >= 15 is 0 Å². The summed E-state index contributed by atoms with van der Waals surface area (Å²) in [6.45, 7) is 2.18. The van der Waals surface area contributed by atoms with Gasteiger partial charge in [-0.3, -0.25) is 9.59 Å². The molecule has 0 heterocycles. The van der Waals surface area contributed by atoms with Crippen molar-refractivity contribution in [1.29, 1.82) is 0 Å². The molecule has 2 N–H and O–H groups in total. The average Bonchev–Trinajstić information content (AvgIpc) is 2.35. The van der Waals surface area contributed by atoms with E-state index < -0.39 is 0 Å². The molecule has 4 nitrogen and oxygen atoms in total. The molecular weight excluding hydrogens is 240 g/mol. The van der Waals surface area contributed by atoms with Crippen molar-refractivity contribution in [2.75, 3.05) is 6.54 Å². The molecule has 0 fully saturated rings. The van der Waals surface area contributed by atoms with Crippen LogP contribution in [0, 0.1) is 0 Å². The van der Waals surface area contributed by atoms with Gasteiger partial charge in [0.25, 0.3) is 0 Å². The highest BCUT2D eigenvalue weighted by atomic mass is 35.5. The molecule has 1 aromatic carbocycles. The summed E-state index contributed by atoms with van der Waals surface area (Å²) >= 11 is 5.74. The van der Waals surface area contributed by atoms with E-state index in [2.05, 4.69) is 10.6 Å². The Morgan fingerprint density at radius 2 is 1.76 bits per heavy atom. The lowest BCUT2D eigenvalue weighted by molar-refractivity contribution is -0.126. The first-order valence-corrected chi connectivity index (χ1v) is 5.77. The van der Waals surface area contributed by atoms with E-state index in [0.717, 1.165) is 5.56 Å². The third-order valence-electron chi connectivity index (χ3n) is 2.17. The second-order valence-electron chi connectivity index (χ2n) is 3.53. The molecular formula is C12H15ClN2O2. The molecule has 2 amide bonds. The summed E-state index contributed by atoms with van der Waals surface area (Å²) in [5, 5.41) is 5.87. The van der Waals surface area contributed by atoms with Crippen LogP contribution >= 0.6 is 11.6 Å². The molecule has 0 atom stereocenters. The Labute approximate surface area is 105 Å². The summed E-state index contributed by atoms with van der Waals surface area (Å²) in [7, 11) is 0. The van der Waals surface area contributed by atoms with E-state index in [1.165, 1.54) is 0 Å². The molecule has 0 saturated carbocycles. The zero-order valence-corrected chi connectivity index (χ0v) is 10.4. The van der Waals surface area contributed by atoms with Gasteiger partial charge in [0.05, 0.1) is 6.54 Å². The number of nitrogens with one attached hydrogen (secondary N) is 2. The van der Waals surface area contributed by atoms with E-state index in [1.807, 2.05) is 12.1 Å². The molecule has 1 rings (SSSR count). The largest absolute Gasteiger partial charge is 0.350 e. The molecule has 0 radical (unpaired) electrons. The van der Waals surface area contributed by atoms with Crippen LogP contribution < -0.4 is 10.6 Å². The molecule has 0 unspecified atom stereocenters. The molecule has 0 aliphatic carbocycles. The van der Waals surface area contributed by atoms with Crippen molar-refractivity contribution < 1.29 is 9.59 Å². The van der Waals surface area contributed by atoms with Gasteiger partial charge in [-0.05, 0) is 17.7 Å². The molecule has 0 spiro atoms. The number of carbonyl (C=O) groups excluding carboxylic acids is 2. The molecule has 0 aliphatic rings. The quantitative estimate of drug-likeness (QED) is 0.836. The average molecular weight is 255 g/mol. The van der Waals surface area contributed by atoms with Gasteiger partial charge in [-0.2, -0.15) is 0 Å². The lowest BCUT2D eigenvalue weighted by Crippen LogP contribution is -2.36. The molecule has 92 valence electrons. The number of halogens is 1. The van der Waals surface area contributed by atoms with Gasteiger partial charge in [0, 0.05) is 18.0 Å². The van der Waals surface area contributed by atoms with Crippen molar-refractivity contribution in [3.8, 4) is 0 Å². The Hall–Kier alpha value is -1.55. The Kier molecular flexibility index (Phi) is 5.49. The second kappa shape index (κ2) is 6.91. The first kappa shape index (κ1) is 13.5. The fourth-order valence-corrected chi connectivity index (χ4v) is 1.30. The highest BCUT2D eigenvalue weighted by Gasteiger charge is 2.03. The van der Waals surface area contributed by atoms with Gasteiger partial charge in [-0.25, -0.2) is 0 Å². The number of hydrogen-bond acceptors (Lipinski definition) is 2. The van der Waals surface area contributed by atoms with Crippen LogP contribution in [0.5, 0.6) is 0 Å².